The van der Waals surface area contributed by atoms with E-state index >= 15 is 0 Å². The van der Waals surface area contributed by atoms with Crippen LogP contribution in [0.2, 0.25) is 5.02 Å². The molecule has 0 spiro atoms. The number of halogens is 1. The van der Waals surface area contributed by atoms with Crippen LogP contribution in [0.1, 0.15) is 20.3 Å². The van der Waals surface area contributed by atoms with Gasteiger partial charge in [-0.1, -0.05) is 25.4 Å². The standard InChI is InChI=1S/C12H20ClN3OS/c1-4-5-16-12(17)11(13)10(7-15-16)14-6-9(2)8-18-3/h7,9,14H,4-6,8H2,1-3H3. The third kappa shape index (κ3) is 4.21. The fourth-order valence-electron chi connectivity index (χ4n) is 1.59. The van der Waals surface area contributed by atoms with Crippen molar-refractivity contribution >= 4 is 29.1 Å². The Morgan fingerprint density at radius 3 is 2.94 bits per heavy atom. The maximum Gasteiger partial charge on any atom is 0.287 e. The first-order valence-corrected chi connectivity index (χ1v) is 7.85. The van der Waals surface area contributed by atoms with Gasteiger partial charge < -0.3 is 5.32 Å². The molecule has 1 rings (SSSR count). The van der Waals surface area contributed by atoms with Crippen LogP contribution in [0, 0.1) is 5.92 Å². The summed E-state index contributed by atoms with van der Waals surface area (Å²) >= 11 is 7.86. The molecule has 6 heteroatoms. The monoisotopic (exact) mass is 289 g/mol. The Hall–Kier alpha value is -0.680. The number of hydrogen-bond donors (Lipinski definition) is 1. The maximum atomic E-state index is 11.9. The van der Waals surface area contributed by atoms with Crippen molar-refractivity contribution in [1.29, 1.82) is 0 Å². The van der Waals surface area contributed by atoms with Crippen LogP contribution < -0.4 is 10.9 Å². The molecular weight excluding hydrogens is 270 g/mol. The predicted octanol–water partition coefficient (Wildman–Crippen LogP) is 2.72. The lowest BCUT2D eigenvalue weighted by Gasteiger charge is -2.13. The van der Waals surface area contributed by atoms with Crippen molar-refractivity contribution in [3.63, 3.8) is 0 Å². The topological polar surface area (TPSA) is 46.9 Å². The van der Waals surface area contributed by atoms with E-state index in [1.807, 2.05) is 6.92 Å². The van der Waals surface area contributed by atoms with Gasteiger partial charge in [-0.3, -0.25) is 4.79 Å². The molecule has 102 valence electrons. The Bertz CT molecular complexity index is 436. The molecule has 1 aromatic rings. The molecule has 0 saturated heterocycles. The van der Waals surface area contributed by atoms with Crippen LogP contribution in [0.5, 0.6) is 0 Å². The number of nitrogens with one attached hydrogen (secondary N) is 1. The Morgan fingerprint density at radius 2 is 2.33 bits per heavy atom. The van der Waals surface area contributed by atoms with E-state index in [1.165, 1.54) is 4.68 Å². The second-order valence-electron chi connectivity index (χ2n) is 4.34. The zero-order valence-electron chi connectivity index (χ0n) is 11.1. The lowest BCUT2D eigenvalue weighted by molar-refractivity contribution is 0.568. The van der Waals surface area contributed by atoms with Crippen LogP contribution in [0.4, 0.5) is 5.69 Å². The molecule has 1 atom stereocenters. The number of anilines is 1. The molecule has 1 N–H and O–H groups in total. The van der Waals surface area contributed by atoms with Crippen LogP contribution in [-0.2, 0) is 6.54 Å². The summed E-state index contributed by atoms with van der Waals surface area (Å²) < 4.78 is 1.40. The average molecular weight is 290 g/mol. The summed E-state index contributed by atoms with van der Waals surface area (Å²) in [4.78, 5) is 11.9. The molecule has 0 fully saturated rings. The van der Waals surface area contributed by atoms with E-state index < -0.39 is 0 Å². The summed E-state index contributed by atoms with van der Waals surface area (Å²) in [6, 6.07) is 0. The highest BCUT2D eigenvalue weighted by Gasteiger charge is 2.09. The average Bonchev–Trinajstić information content (AvgIpc) is 2.35. The predicted molar refractivity (Wildman–Crippen MR) is 79.8 cm³/mol. The normalized spacial score (nSPS) is 12.4. The number of aromatic nitrogens is 2. The van der Waals surface area contributed by atoms with Crippen LogP contribution >= 0.6 is 23.4 Å². The molecule has 0 aliphatic heterocycles. The minimum Gasteiger partial charge on any atom is -0.382 e. The number of hydrogen-bond acceptors (Lipinski definition) is 4. The van der Waals surface area contributed by atoms with E-state index in [2.05, 4.69) is 23.6 Å². The minimum absolute atomic E-state index is 0.221. The van der Waals surface area contributed by atoms with Gasteiger partial charge in [0.2, 0.25) is 0 Å². The van der Waals surface area contributed by atoms with Crippen molar-refractivity contribution in [2.75, 3.05) is 23.9 Å². The van der Waals surface area contributed by atoms with Gasteiger partial charge in [0.15, 0.2) is 0 Å². The van der Waals surface area contributed by atoms with Crippen LogP contribution in [-0.4, -0.2) is 28.3 Å². The molecule has 0 bridgehead atoms. The van der Waals surface area contributed by atoms with E-state index in [-0.39, 0.29) is 10.6 Å². The zero-order valence-corrected chi connectivity index (χ0v) is 12.6. The van der Waals surface area contributed by atoms with E-state index in [1.54, 1.807) is 18.0 Å². The first-order chi connectivity index (χ1) is 8.60. The Labute approximate surface area is 117 Å². The van der Waals surface area contributed by atoms with Crippen LogP contribution in [0.25, 0.3) is 0 Å². The SMILES string of the molecule is CCCn1ncc(NCC(C)CSC)c(Cl)c1=O. The van der Waals surface area contributed by atoms with Crippen molar-refractivity contribution in [2.45, 2.75) is 26.8 Å². The largest absolute Gasteiger partial charge is 0.382 e. The lowest BCUT2D eigenvalue weighted by Crippen LogP contribution is -2.25. The van der Waals surface area contributed by atoms with Crippen molar-refractivity contribution in [3.05, 3.63) is 21.6 Å². The second-order valence-corrected chi connectivity index (χ2v) is 5.63. The zero-order chi connectivity index (χ0) is 13.5. The summed E-state index contributed by atoms with van der Waals surface area (Å²) in [5.74, 6) is 1.60. The minimum atomic E-state index is -0.221. The van der Waals surface area contributed by atoms with E-state index in [4.69, 9.17) is 11.6 Å². The van der Waals surface area contributed by atoms with E-state index in [9.17, 15) is 4.79 Å². The van der Waals surface area contributed by atoms with Gasteiger partial charge >= 0.3 is 0 Å². The van der Waals surface area contributed by atoms with Gasteiger partial charge in [0.25, 0.3) is 5.56 Å². The van der Waals surface area contributed by atoms with Crippen molar-refractivity contribution in [2.24, 2.45) is 5.92 Å². The Kier molecular flexibility index (Phi) is 6.57. The number of thioether (sulfide) groups is 1. The third-order valence-electron chi connectivity index (χ3n) is 2.51. The molecule has 0 amide bonds. The van der Waals surface area contributed by atoms with Crippen molar-refractivity contribution < 1.29 is 0 Å². The molecule has 1 aromatic heterocycles. The Morgan fingerprint density at radius 1 is 1.61 bits per heavy atom. The smallest absolute Gasteiger partial charge is 0.287 e. The molecule has 1 heterocycles. The van der Waals surface area contributed by atoms with Gasteiger partial charge in [0.1, 0.15) is 5.02 Å². The van der Waals surface area contributed by atoms with Crippen molar-refractivity contribution in [1.82, 2.24) is 9.78 Å². The second kappa shape index (κ2) is 7.69. The quantitative estimate of drug-likeness (QED) is 0.838. The highest BCUT2D eigenvalue weighted by Crippen LogP contribution is 2.16. The molecule has 18 heavy (non-hydrogen) atoms. The highest BCUT2D eigenvalue weighted by molar-refractivity contribution is 7.98. The van der Waals surface area contributed by atoms with Crippen molar-refractivity contribution in [3.8, 4) is 0 Å². The summed E-state index contributed by atoms with van der Waals surface area (Å²) in [5.41, 5.74) is 0.406. The summed E-state index contributed by atoms with van der Waals surface area (Å²) in [6.07, 6.45) is 4.57. The van der Waals surface area contributed by atoms with Gasteiger partial charge in [-0.05, 0) is 24.3 Å². The van der Waals surface area contributed by atoms with Crippen LogP contribution in [0.15, 0.2) is 11.0 Å². The molecule has 1 unspecified atom stereocenters. The molecule has 0 aliphatic rings. The van der Waals surface area contributed by atoms with E-state index in [0.717, 1.165) is 18.7 Å². The molecule has 4 nitrogen and oxygen atoms in total. The third-order valence-corrected chi connectivity index (χ3v) is 3.78. The fourth-order valence-corrected chi connectivity index (χ4v) is 2.49. The van der Waals surface area contributed by atoms with Gasteiger partial charge in [-0.25, -0.2) is 4.68 Å². The summed E-state index contributed by atoms with van der Waals surface area (Å²) in [7, 11) is 0. The number of aryl methyl sites for hydroxylation is 1. The maximum absolute atomic E-state index is 11.9. The van der Waals surface area contributed by atoms with E-state index in [0.29, 0.717) is 18.2 Å². The first kappa shape index (κ1) is 15.4. The Balaban J connectivity index is 2.73. The number of nitrogens with zero attached hydrogens (tertiary/aromatic N) is 2. The molecular formula is C12H20ClN3OS. The van der Waals surface area contributed by atoms with Gasteiger partial charge in [0, 0.05) is 13.1 Å². The molecule has 0 aliphatic carbocycles. The van der Waals surface area contributed by atoms with Gasteiger partial charge in [0.05, 0.1) is 11.9 Å². The number of rotatable bonds is 7. The lowest BCUT2D eigenvalue weighted by atomic mass is 10.2. The summed E-state index contributed by atoms with van der Waals surface area (Å²) in [5, 5.41) is 7.52. The van der Waals surface area contributed by atoms with Gasteiger partial charge in [-0.15, -0.1) is 0 Å². The first-order valence-electron chi connectivity index (χ1n) is 6.08. The fraction of sp³-hybridized carbons (Fsp3) is 0.667. The summed E-state index contributed by atoms with van der Waals surface area (Å²) in [6.45, 7) is 5.54. The molecule has 0 radical (unpaired) electrons. The molecule has 0 aromatic carbocycles. The van der Waals surface area contributed by atoms with Crippen LogP contribution in [0.3, 0.4) is 0 Å². The van der Waals surface area contributed by atoms with Gasteiger partial charge in [-0.2, -0.15) is 16.9 Å². The highest BCUT2D eigenvalue weighted by atomic mass is 35.5. The molecule has 0 saturated carbocycles.